The third kappa shape index (κ3) is 3.23. The molecular formula is C19H25N7O. The lowest BCUT2D eigenvalue weighted by molar-refractivity contribution is -0.0131. The molecule has 0 spiro atoms. The number of piperidine rings is 3. The highest BCUT2D eigenvalue weighted by Gasteiger charge is 2.38. The Morgan fingerprint density at radius 1 is 0.963 bits per heavy atom. The molecule has 4 aliphatic heterocycles. The minimum absolute atomic E-state index is 0.0125. The number of amides is 1. The molecule has 0 radical (unpaired) electrons. The molecule has 2 bridgehead atoms. The van der Waals surface area contributed by atoms with E-state index in [1.54, 1.807) is 23.3 Å². The molecule has 0 unspecified atom stereocenters. The van der Waals surface area contributed by atoms with Gasteiger partial charge in [0, 0.05) is 38.8 Å². The van der Waals surface area contributed by atoms with Crippen LogP contribution in [0.15, 0.2) is 30.9 Å². The molecule has 4 aliphatic rings. The van der Waals surface area contributed by atoms with Crippen LogP contribution < -0.4 is 0 Å². The Hall–Kier alpha value is -2.32. The molecule has 0 aliphatic carbocycles. The van der Waals surface area contributed by atoms with Crippen LogP contribution in [0.3, 0.4) is 0 Å². The second-order valence-electron chi connectivity index (χ2n) is 7.78. The first-order valence-electron chi connectivity index (χ1n) is 9.86. The average molecular weight is 367 g/mol. The molecule has 2 aromatic rings. The second kappa shape index (κ2) is 7.01. The Balaban J connectivity index is 1.23. The smallest absolute Gasteiger partial charge is 0.272 e. The first-order chi connectivity index (χ1) is 13.3. The number of piperazine rings is 1. The van der Waals surface area contributed by atoms with Gasteiger partial charge in [-0.1, -0.05) is 6.07 Å². The van der Waals surface area contributed by atoms with Gasteiger partial charge in [0.2, 0.25) is 0 Å². The van der Waals surface area contributed by atoms with E-state index < -0.39 is 0 Å². The standard InChI is InChI=1S/C19H25N7O/c27-19(16-2-1-3-18(22-16)26-13-20-21-14-26)25-10-8-24(9-11-25)17-12-23-6-4-15(17)5-7-23/h1-3,13-15,17H,4-12H2/t17-/m1/s1. The highest BCUT2D eigenvalue weighted by atomic mass is 16.2. The number of fused-ring (bicyclic) bond motifs is 3. The number of carbonyl (C=O) groups excluding carboxylic acids is 1. The Kier molecular flexibility index (Phi) is 4.37. The summed E-state index contributed by atoms with van der Waals surface area (Å²) < 4.78 is 1.71. The Labute approximate surface area is 158 Å². The van der Waals surface area contributed by atoms with Gasteiger partial charge in [0.05, 0.1) is 0 Å². The van der Waals surface area contributed by atoms with E-state index in [1.165, 1.54) is 32.5 Å². The van der Waals surface area contributed by atoms with Gasteiger partial charge in [-0.3, -0.25) is 14.3 Å². The zero-order valence-corrected chi connectivity index (χ0v) is 15.4. The van der Waals surface area contributed by atoms with Crippen LogP contribution in [0.4, 0.5) is 0 Å². The molecule has 6 rings (SSSR count). The van der Waals surface area contributed by atoms with Gasteiger partial charge < -0.3 is 9.80 Å². The van der Waals surface area contributed by atoms with Crippen molar-refractivity contribution in [3.8, 4) is 5.82 Å². The van der Waals surface area contributed by atoms with Gasteiger partial charge in [-0.2, -0.15) is 0 Å². The van der Waals surface area contributed by atoms with Crippen LogP contribution in [-0.4, -0.2) is 92.2 Å². The highest BCUT2D eigenvalue weighted by molar-refractivity contribution is 5.92. The zero-order chi connectivity index (χ0) is 18.2. The number of pyridine rings is 1. The van der Waals surface area contributed by atoms with Crippen molar-refractivity contribution in [2.24, 2.45) is 5.92 Å². The normalized spacial score (nSPS) is 28.4. The molecule has 27 heavy (non-hydrogen) atoms. The second-order valence-corrected chi connectivity index (χ2v) is 7.78. The zero-order valence-electron chi connectivity index (χ0n) is 15.4. The maximum atomic E-state index is 12.9. The number of rotatable bonds is 3. The Bertz CT molecular complexity index is 792. The van der Waals surface area contributed by atoms with Crippen molar-refractivity contribution in [1.29, 1.82) is 0 Å². The molecule has 4 fully saturated rings. The minimum atomic E-state index is 0.0125. The topological polar surface area (TPSA) is 70.4 Å². The van der Waals surface area contributed by atoms with E-state index in [0.29, 0.717) is 17.6 Å². The number of aromatic nitrogens is 4. The highest BCUT2D eigenvalue weighted by Crippen LogP contribution is 2.31. The fourth-order valence-electron chi connectivity index (χ4n) is 4.77. The molecular weight excluding hydrogens is 342 g/mol. The number of hydrogen-bond donors (Lipinski definition) is 0. The van der Waals surface area contributed by atoms with E-state index in [1.807, 2.05) is 17.0 Å². The summed E-state index contributed by atoms with van der Waals surface area (Å²) in [5.74, 6) is 1.52. The molecule has 4 saturated heterocycles. The van der Waals surface area contributed by atoms with Crippen LogP contribution >= 0.6 is 0 Å². The lowest BCUT2D eigenvalue weighted by atomic mass is 9.83. The van der Waals surface area contributed by atoms with Crippen LogP contribution in [-0.2, 0) is 0 Å². The molecule has 8 heteroatoms. The quantitative estimate of drug-likeness (QED) is 0.788. The van der Waals surface area contributed by atoms with E-state index in [9.17, 15) is 4.79 Å². The molecule has 8 nitrogen and oxygen atoms in total. The van der Waals surface area contributed by atoms with Crippen LogP contribution in [0.2, 0.25) is 0 Å². The summed E-state index contributed by atoms with van der Waals surface area (Å²) in [6.07, 6.45) is 5.85. The van der Waals surface area contributed by atoms with Gasteiger partial charge in [-0.05, 0) is 44.0 Å². The summed E-state index contributed by atoms with van der Waals surface area (Å²) in [7, 11) is 0. The van der Waals surface area contributed by atoms with Crippen molar-refractivity contribution in [1.82, 2.24) is 34.4 Å². The van der Waals surface area contributed by atoms with E-state index in [-0.39, 0.29) is 5.91 Å². The number of carbonyl (C=O) groups is 1. The van der Waals surface area contributed by atoms with Crippen LogP contribution in [0.25, 0.3) is 5.82 Å². The predicted octanol–water partition coefficient (Wildman–Crippen LogP) is 0.514. The summed E-state index contributed by atoms with van der Waals surface area (Å²) in [4.78, 5) is 24.6. The first-order valence-corrected chi connectivity index (χ1v) is 9.86. The van der Waals surface area contributed by atoms with E-state index in [2.05, 4.69) is 25.0 Å². The molecule has 0 N–H and O–H groups in total. The minimum Gasteiger partial charge on any atom is -0.335 e. The summed E-state index contributed by atoms with van der Waals surface area (Å²) >= 11 is 0. The maximum Gasteiger partial charge on any atom is 0.272 e. The first kappa shape index (κ1) is 16.8. The van der Waals surface area contributed by atoms with Crippen molar-refractivity contribution in [2.45, 2.75) is 18.9 Å². The molecule has 6 heterocycles. The van der Waals surface area contributed by atoms with E-state index in [0.717, 1.165) is 32.1 Å². The van der Waals surface area contributed by atoms with Gasteiger partial charge in [0.25, 0.3) is 5.91 Å². The van der Waals surface area contributed by atoms with E-state index in [4.69, 9.17) is 0 Å². The van der Waals surface area contributed by atoms with Gasteiger partial charge in [0.15, 0.2) is 0 Å². The third-order valence-corrected chi connectivity index (χ3v) is 6.33. The fourth-order valence-corrected chi connectivity index (χ4v) is 4.77. The van der Waals surface area contributed by atoms with E-state index >= 15 is 0 Å². The van der Waals surface area contributed by atoms with Gasteiger partial charge >= 0.3 is 0 Å². The van der Waals surface area contributed by atoms with Crippen molar-refractivity contribution in [3.05, 3.63) is 36.5 Å². The number of hydrogen-bond acceptors (Lipinski definition) is 6. The fraction of sp³-hybridized carbons (Fsp3) is 0.579. The van der Waals surface area contributed by atoms with Crippen molar-refractivity contribution >= 4 is 5.91 Å². The summed E-state index contributed by atoms with van der Waals surface area (Å²) in [5.41, 5.74) is 0.484. The average Bonchev–Trinajstić information content (AvgIpc) is 3.29. The lowest BCUT2D eigenvalue weighted by Gasteiger charge is -2.50. The third-order valence-electron chi connectivity index (χ3n) is 6.33. The van der Waals surface area contributed by atoms with Gasteiger partial charge in [-0.15, -0.1) is 10.2 Å². The van der Waals surface area contributed by atoms with Crippen molar-refractivity contribution in [3.63, 3.8) is 0 Å². The molecule has 1 amide bonds. The van der Waals surface area contributed by atoms with Crippen molar-refractivity contribution in [2.75, 3.05) is 45.8 Å². The molecule has 0 saturated carbocycles. The van der Waals surface area contributed by atoms with Gasteiger partial charge in [0.1, 0.15) is 24.2 Å². The lowest BCUT2D eigenvalue weighted by Crippen LogP contribution is -2.61. The van der Waals surface area contributed by atoms with Crippen molar-refractivity contribution < 1.29 is 4.79 Å². The summed E-state index contributed by atoms with van der Waals surface area (Å²) in [6.45, 7) is 7.24. The predicted molar refractivity (Wildman–Crippen MR) is 99.6 cm³/mol. The Morgan fingerprint density at radius 3 is 2.37 bits per heavy atom. The van der Waals surface area contributed by atoms with Crippen LogP contribution in [0, 0.1) is 5.92 Å². The molecule has 142 valence electrons. The summed E-state index contributed by atoms with van der Waals surface area (Å²) in [6, 6.07) is 6.18. The van der Waals surface area contributed by atoms with Gasteiger partial charge in [-0.25, -0.2) is 4.98 Å². The molecule has 1 atom stereocenters. The van der Waals surface area contributed by atoms with Crippen LogP contribution in [0.1, 0.15) is 23.3 Å². The molecule has 2 aromatic heterocycles. The SMILES string of the molecule is O=C(c1cccc(-n2cnnc2)n1)N1CCN([C@@H]2CN3CCC2CC3)CC1. The Morgan fingerprint density at radius 2 is 1.70 bits per heavy atom. The van der Waals surface area contributed by atoms with Crippen LogP contribution in [0.5, 0.6) is 0 Å². The molecule has 0 aromatic carbocycles. The largest absolute Gasteiger partial charge is 0.335 e. The summed E-state index contributed by atoms with van der Waals surface area (Å²) in [5, 5.41) is 7.60. The number of nitrogens with zero attached hydrogens (tertiary/aromatic N) is 7. The maximum absolute atomic E-state index is 12.9. The monoisotopic (exact) mass is 367 g/mol.